The van der Waals surface area contributed by atoms with E-state index in [1.54, 1.807) is 19.3 Å². The van der Waals surface area contributed by atoms with Gasteiger partial charge in [0.05, 0.1) is 23.1 Å². The first-order chi connectivity index (χ1) is 11.9. The Hall–Kier alpha value is -2.05. The van der Waals surface area contributed by atoms with Crippen LogP contribution in [0.15, 0.2) is 29.2 Å². The molecule has 6 nitrogen and oxygen atoms in total. The summed E-state index contributed by atoms with van der Waals surface area (Å²) < 4.78 is 7.62. The number of carboxylic acids is 1. The minimum Gasteiger partial charge on any atom is -0.490 e. The number of hydrogen-bond donors (Lipinski definition) is 1. The molecule has 132 valence electrons. The van der Waals surface area contributed by atoms with Gasteiger partial charge in [0.25, 0.3) is 5.56 Å². The average Bonchev–Trinajstić information content (AvgIpc) is 2.48. The second-order valence-corrected chi connectivity index (χ2v) is 7.66. The van der Waals surface area contributed by atoms with E-state index in [4.69, 9.17) is 21.4 Å². The zero-order valence-corrected chi connectivity index (χ0v) is 14.6. The lowest BCUT2D eigenvalue weighted by molar-refractivity contribution is -0.150. The predicted octanol–water partition coefficient (Wildman–Crippen LogP) is 2.12. The van der Waals surface area contributed by atoms with Crippen LogP contribution in [0.2, 0.25) is 5.02 Å². The number of aryl methyl sites for hydroxylation is 1. The van der Waals surface area contributed by atoms with Gasteiger partial charge < -0.3 is 14.4 Å². The Morgan fingerprint density at radius 3 is 2.76 bits per heavy atom. The highest BCUT2D eigenvalue weighted by Crippen LogP contribution is 2.50. The summed E-state index contributed by atoms with van der Waals surface area (Å²) in [7, 11) is 1.70. The van der Waals surface area contributed by atoms with Crippen LogP contribution in [-0.2, 0) is 11.8 Å². The molecule has 25 heavy (non-hydrogen) atoms. The van der Waals surface area contributed by atoms with Crippen LogP contribution in [0.3, 0.4) is 0 Å². The number of benzene rings is 1. The van der Waals surface area contributed by atoms with Gasteiger partial charge in [-0.05, 0) is 31.0 Å². The van der Waals surface area contributed by atoms with Gasteiger partial charge in [-0.15, -0.1) is 0 Å². The van der Waals surface area contributed by atoms with Crippen molar-refractivity contribution in [2.24, 2.45) is 12.5 Å². The Balaban J connectivity index is 1.47. The van der Waals surface area contributed by atoms with E-state index in [1.165, 1.54) is 4.57 Å². The molecule has 1 saturated heterocycles. The van der Waals surface area contributed by atoms with Crippen LogP contribution in [0.1, 0.15) is 12.8 Å². The van der Waals surface area contributed by atoms with Gasteiger partial charge in [-0.2, -0.15) is 0 Å². The molecular weight excluding hydrogens is 344 g/mol. The maximum atomic E-state index is 12.3. The number of nitrogens with zero attached hydrogens (tertiary/aromatic N) is 2. The lowest BCUT2D eigenvalue weighted by atomic mass is 9.62. The van der Waals surface area contributed by atoms with Gasteiger partial charge in [0, 0.05) is 37.1 Å². The molecule has 1 aliphatic heterocycles. The van der Waals surface area contributed by atoms with E-state index >= 15 is 0 Å². The number of hydrogen-bond acceptors (Lipinski definition) is 4. The van der Waals surface area contributed by atoms with Crippen molar-refractivity contribution in [3.05, 3.63) is 39.8 Å². The summed E-state index contributed by atoms with van der Waals surface area (Å²) in [6, 6.07) is 5.37. The lowest BCUT2D eigenvalue weighted by Crippen LogP contribution is -2.65. The first-order valence-electron chi connectivity index (χ1n) is 8.26. The van der Waals surface area contributed by atoms with E-state index in [9.17, 15) is 9.59 Å². The van der Waals surface area contributed by atoms with Crippen molar-refractivity contribution in [3.63, 3.8) is 0 Å². The third kappa shape index (κ3) is 2.79. The van der Waals surface area contributed by atoms with E-state index in [0.29, 0.717) is 16.2 Å². The van der Waals surface area contributed by atoms with Crippen molar-refractivity contribution in [1.29, 1.82) is 0 Å². The minimum absolute atomic E-state index is 0.0976. The van der Waals surface area contributed by atoms with E-state index < -0.39 is 5.97 Å². The van der Waals surface area contributed by atoms with Crippen molar-refractivity contribution in [3.8, 4) is 5.75 Å². The van der Waals surface area contributed by atoms with Crippen LogP contribution in [0.4, 0.5) is 0 Å². The summed E-state index contributed by atoms with van der Waals surface area (Å²) in [4.78, 5) is 25.0. The fraction of sp³-hybridized carbons (Fsp3) is 0.444. The maximum absolute atomic E-state index is 12.3. The molecule has 1 aliphatic carbocycles. The topological polar surface area (TPSA) is 71.8 Å². The number of halogens is 1. The summed E-state index contributed by atoms with van der Waals surface area (Å²) in [5.41, 5.74) is 0.0692. The van der Waals surface area contributed by atoms with Crippen LogP contribution < -0.4 is 10.3 Å². The average molecular weight is 363 g/mol. The van der Waals surface area contributed by atoms with Gasteiger partial charge in [-0.1, -0.05) is 11.6 Å². The Morgan fingerprint density at radius 2 is 2.08 bits per heavy atom. The molecular formula is C18H19ClN2O4. The monoisotopic (exact) mass is 362 g/mol. The number of likely N-dealkylation sites (tertiary alicyclic amines) is 1. The van der Waals surface area contributed by atoms with Gasteiger partial charge in [0.15, 0.2) is 0 Å². The number of pyridine rings is 1. The summed E-state index contributed by atoms with van der Waals surface area (Å²) in [6.07, 6.45) is 3.64. The molecule has 0 radical (unpaired) electrons. The number of rotatable bonds is 4. The number of carbonyl (C=O) groups is 1. The second kappa shape index (κ2) is 5.75. The molecule has 0 unspecified atom stereocenters. The molecule has 0 atom stereocenters. The quantitative estimate of drug-likeness (QED) is 0.902. The first kappa shape index (κ1) is 16.4. The van der Waals surface area contributed by atoms with Gasteiger partial charge in [-0.3, -0.25) is 14.5 Å². The molecule has 1 saturated carbocycles. The third-order valence-corrected chi connectivity index (χ3v) is 5.56. The Bertz CT molecular complexity index is 909. The number of fused-ring (bicyclic) bond motifs is 1. The molecule has 1 aromatic heterocycles. The Kier molecular flexibility index (Phi) is 3.77. The summed E-state index contributed by atoms with van der Waals surface area (Å²) in [5, 5.41) is 10.5. The van der Waals surface area contributed by atoms with Gasteiger partial charge >= 0.3 is 5.97 Å². The molecule has 7 heteroatoms. The SMILES string of the molecule is Cn1ccc2c(OC3CC4(C3)CN(CC(=O)O)C4)ccc(Cl)c2c1=O. The smallest absolute Gasteiger partial charge is 0.317 e. The molecule has 1 N–H and O–H groups in total. The predicted molar refractivity (Wildman–Crippen MR) is 94.4 cm³/mol. The van der Waals surface area contributed by atoms with Gasteiger partial charge in [-0.25, -0.2) is 0 Å². The van der Waals surface area contributed by atoms with E-state index in [0.717, 1.165) is 31.3 Å². The minimum atomic E-state index is -0.781. The second-order valence-electron chi connectivity index (χ2n) is 7.25. The van der Waals surface area contributed by atoms with Crippen molar-refractivity contribution < 1.29 is 14.6 Å². The molecule has 0 amide bonds. The summed E-state index contributed by atoms with van der Waals surface area (Å²) >= 11 is 6.20. The van der Waals surface area contributed by atoms with Crippen molar-refractivity contribution in [2.75, 3.05) is 19.6 Å². The van der Waals surface area contributed by atoms with Gasteiger partial charge in [0.2, 0.25) is 0 Å². The number of aromatic nitrogens is 1. The van der Waals surface area contributed by atoms with Crippen LogP contribution in [0, 0.1) is 5.41 Å². The van der Waals surface area contributed by atoms with Crippen molar-refractivity contribution >= 4 is 28.3 Å². The normalized spacial score (nSPS) is 19.6. The zero-order valence-electron chi connectivity index (χ0n) is 13.9. The van der Waals surface area contributed by atoms with Crippen LogP contribution >= 0.6 is 11.6 Å². The summed E-state index contributed by atoms with van der Waals surface area (Å²) in [6.45, 7) is 1.75. The van der Waals surface area contributed by atoms with Crippen LogP contribution in [0.5, 0.6) is 5.75 Å². The standard InChI is InChI=1S/C18H19ClN2O4/c1-20-5-4-12-14(3-2-13(19)16(12)17(20)24)25-11-6-18(7-11)9-21(10-18)8-15(22)23/h2-5,11H,6-10H2,1H3,(H,22,23). The number of carboxylic acid groups (broad SMARTS) is 1. The highest BCUT2D eigenvalue weighted by molar-refractivity contribution is 6.35. The highest BCUT2D eigenvalue weighted by atomic mass is 35.5. The zero-order chi connectivity index (χ0) is 17.8. The maximum Gasteiger partial charge on any atom is 0.317 e. The molecule has 2 heterocycles. The molecule has 2 fully saturated rings. The van der Waals surface area contributed by atoms with E-state index in [2.05, 4.69) is 0 Å². The number of aliphatic carboxylic acids is 1. The summed E-state index contributed by atoms with van der Waals surface area (Å²) in [5.74, 6) is -0.102. The fourth-order valence-corrected chi connectivity index (χ4v) is 4.37. The molecule has 4 rings (SSSR count). The molecule has 0 bridgehead atoms. The molecule has 2 aliphatic rings. The molecule has 1 aromatic carbocycles. The van der Waals surface area contributed by atoms with E-state index in [-0.39, 0.29) is 23.6 Å². The first-order valence-corrected chi connectivity index (χ1v) is 8.63. The Morgan fingerprint density at radius 1 is 1.36 bits per heavy atom. The highest BCUT2D eigenvalue weighted by Gasteiger charge is 2.53. The fourth-order valence-electron chi connectivity index (χ4n) is 4.12. The lowest BCUT2D eigenvalue weighted by Gasteiger charge is -2.58. The van der Waals surface area contributed by atoms with E-state index in [1.807, 2.05) is 17.0 Å². The largest absolute Gasteiger partial charge is 0.490 e. The van der Waals surface area contributed by atoms with Crippen LogP contribution in [0.25, 0.3) is 10.8 Å². The van der Waals surface area contributed by atoms with Gasteiger partial charge in [0.1, 0.15) is 5.75 Å². The number of ether oxygens (including phenoxy) is 1. The molecule has 2 aromatic rings. The van der Waals surface area contributed by atoms with Crippen molar-refractivity contribution in [1.82, 2.24) is 9.47 Å². The van der Waals surface area contributed by atoms with Crippen molar-refractivity contribution in [2.45, 2.75) is 18.9 Å². The third-order valence-electron chi connectivity index (χ3n) is 5.25. The van der Waals surface area contributed by atoms with Crippen LogP contribution in [-0.4, -0.2) is 46.3 Å². The molecule has 1 spiro atoms. The Labute approximate surface area is 149 Å².